The topological polar surface area (TPSA) is 61.2 Å². The number of methoxy groups -OCH3 is 1. The standard InChI is InChI=1S/C17H16N2O3S2/c1-22-15(20)11-24-17-18-14-7-3-2-6-13(14)16(21)19(17)9-8-12-5-4-10-23-12/h2-7,10H,8-9,11H2,1H3. The molecule has 2 heterocycles. The molecular formula is C17H16N2O3S2. The minimum Gasteiger partial charge on any atom is -0.468 e. The summed E-state index contributed by atoms with van der Waals surface area (Å²) < 4.78 is 6.32. The van der Waals surface area contributed by atoms with Crippen molar-refractivity contribution in [3.8, 4) is 0 Å². The fourth-order valence-electron chi connectivity index (χ4n) is 2.31. The Kier molecular flexibility index (Phi) is 5.32. The Bertz CT molecular complexity index is 904. The molecule has 0 unspecified atom stereocenters. The largest absolute Gasteiger partial charge is 0.468 e. The number of carbonyl (C=O) groups is 1. The van der Waals surface area contributed by atoms with Crippen LogP contribution in [0.2, 0.25) is 0 Å². The molecule has 0 radical (unpaired) electrons. The van der Waals surface area contributed by atoms with Gasteiger partial charge in [0.1, 0.15) is 0 Å². The van der Waals surface area contributed by atoms with Crippen molar-refractivity contribution in [3.63, 3.8) is 0 Å². The highest BCUT2D eigenvalue weighted by atomic mass is 32.2. The maximum atomic E-state index is 12.8. The number of thioether (sulfide) groups is 1. The molecule has 0 bridgehead atoms. The number of benzene rings is 1. The fourth-order valence-corrected chi connectivity index (χ4v) is 3.87. The van der Waals surface area contributed by atoms with Crippen molar-refractivity contribution in [1.29, 1.82) is 0 Å². The lowest BCUT2D eigenvalue weighted by molar-refractivity contribution is -0.137. The molecule has 0 saturated heterocycles. The Balaban J connectivity index is 1.96. The third kappa shape index (κ3) is 3.68. The lowest BCUT2D eigenvalue weighted by Crippen LogP contribution is -2.24. The number of carbonyl (C=O) groups excluding carboxylic acids is 1. The van der Waals surface area contributed by atoms with Crippen LogP contribution in [0.25, 0.3) is 10.9 Å². The van der Waals surface area contributed by atoms with Crippen LogP contribution in [-0.4, -0.2) is 28.4 Å². The zero-order chi connectivity index (χ0) is 16.9. The van der Waals surface area contributed by atoms with E-state index in [0.29, 0.717) is 22.6 Å². The van der Waals surface area contributed by atoms with Gasteiger partial charge >= 0.3 is 5.97 Å². The molecule has 7 heteroatoms. The van der Waals surface area contributed by atoms with Gasteiger partial charge in [-0.1, -0.05) is 30.0 Å². The van der Waals surface area contributed by atoms with Crippen LogP contribution in [0.5, 0.6) is 0 Å². The highest BCUT2D eigenvalue weighted by Gasteiger charge is 2.13. The molecule has 0 N–H and O–H groups in total. The summed E-state index contributed by atoms with van der Waals surface area (Å²) in [5.41, 5.74) is 0.562. The lowest BCUT2D eigenvalue weighted by atomic mass is 10.2. The molecule has 0 aliphatic rings. The Labute approximate surface area is 147 Å². The van der Waals surface area contributed by atoms with Crippen molar-refractivity contribution in [1.82, 2.24) is 9.55 Å². The van der Waals surface area contributed by atoms with Crippen LogP contribution in [0.15, 0.2) is 51.7 Å². The number of aromatic nitrogens is 2. The zero-order valence-electron chi connectivity index (χ0n) is 13.1. The summed E-state index contributed by atoms with van der Waals surface area (Å²) >= 11 is 2.89. The molecule has 0 spiro atoms. The number of ether oxygens (including phenoxy) is 1. The predicted octanol–water partition coefficient (Wildman–Crippen LogP) is 2.97. The third-order valence-electron chi connectivity index (χ3n) is 3.54. The maximum Gasteiger partial charge on any atom is 0.316 e. The average Bonchev–Trinajstić information content (AvgIpc) is 3.12. The van der Waals surface area contributed by atoms with Crippen LogP contribution < -0.4 is 5.56 Å². The van der Waals surface area contributed by atoms with E-state index in [1.165, 1.54) is 23.7 Å². The second-order valence-electron chi connectivity index (χ2n) is 5.06. The molecule has 2 aromatic heterocycles. The van der Waals surface area contributed by atoms with E-state index in [1.807, 2.05) is 35.7 Å². The summed E-state index contributed by atoms with van der Waals surface area (Å²) in [5, 5.41) is 3.15. The normalized spacial score (nSPS) is 10.9. The van der Waals surface area contributed by atoms with E-state index in [4.69, 9.17) is 0 Å². The van der Waals surface area contributed by atoms with Gasteiger partial charge in [0.25, 0.3) is 5.56 Å². The van der Waals surface area contributed by atoms with Crippen LogP contribution in [0.4, 0.5) is 0 Å². The molecule has 124 valence electrons. The molecule has 0 aliphatic carbocycles. The Hall–Kier alpha value is -2.12. The number of nitrogens with zero attached hydrogens (tertiary/aromatic N) is 2. The van der Waals surface area contributed by atoms with Crippen molar-refractivity contribution in [2.24, 2.45) is 0 Å². The van der Waals surface area contributed by atoms with Gasteiger partial charge < -0.3 is 4.74 Å². The van der Waals surface area contributed by atoms with E-state index in [1.54, 1.807) is 22.0 Å². The quantitative estimate of drug-likeness (QED) is 0.384. The van der Waals surface area contributed by atoms with Gasteiger partial charge in [0, 0.05) is 11.4 Å². The molecule has 0 saturated carbocycles. The number of hydrogen-bond donors (Lipinski definition) is 0. The summed E-state index contributed by atoms with van der Waals surface area (Å²) in [5.74, 6) is -0.215. The van der Waals surface area contributed by atoms with E-state index in [-0.39, 0.29) is 17.3 Å². The minimum atomic E-state index is -0.341. The molecule has 3 aromatic rings. The first-order valence-electron chi connectivity index (χ1n) is 7.40. The van der Waals surface area contributed by atoms with Crippen molar-refractivity contribution in [2.45, 2.75) is 18.1 Å². The maximum absolute atomic E-state index is 12.8. The fraction of sp³-hybridized carbons (Fsp3) is 0.235. The summed E-state index contributed by atoms with van der Waals surface area (Å²) in [6.07, 6.45) is 0.753. The number of thiophene rings is 1. The van der Waals surface area contributed by atoms with Crippen molar-refractivity contribution in [2.75, 3.05) is 12.9 Å². The Morgan fingerprint density at radius 3 is 2.88 bits per heavy atom. The van der Waals surface area contributed by atoms with E-state index < -0.39 is 0 Å². The van der Waals surface area contributed by atoms with Gasteiger partial charge in [0.05, 0.1) is 23.8 Å². The highest BCUT2D eigenvalue weighted by Crippen LogP contribution is 2.19. The summed E-state index contributed by atoms with van der Waals surface area (Å²) in [6, 6.07) is 11.3. The first kappa shape index (κ1) is 16.7. The average molecular weight is 360 g/mol. The smallest absolute Gasteiger partial charge is 0.316 e. The molecule has 1 aromatic carbocycles. The molecule has 0 fully saturated rings. The monoisotopic (exact) mass is 360 g/mol. The van der Waals surface area contributed by atoms with E-state index in [2.05, 4.69) is 9.72 Å². The van der Waals surface area contributed by atoms with E-state index in [9.17, 15) is 9.59 Å². The Morgan fingerprint density at radius 1 is 1.29 bits per heavy atom. The van der Waals surface area contributed by atoms with Gasteiger partial charge in [-0.15, -0.1) is 11.3 Å². The number of hydrogen-bond acceptors (Lipinski definition) is 6. The first-order valence-corrected chi connectivity index (χ1v) is 9.27. The van der Waals surface area contributed by atoms with Crippen LogP contribution in [-0.2, 0) is 22.5 Å². The van der Waals surface area contributed by atoms with Crippen molar-refractivity contribution in [3.05, 3.63) is 57.0 Å². The predicted molar refractivity (Wildman–Crippen MR) is 96.8 cm³/mol. The highest BCUT2D eigenvalue weighted by molar-refractivity contribution is 7.99. The van der Waals surface area contributed by atoms with Crippen molar-refractivity contribution < 1.29 is 9.53 Å². The third-order valence-corrected chi connectivity index (χ3v) is 5.42. The van der Waals surface area contributed by atoms with Gasteiger partial charge in [-0.25, -0.2) is 4.98 Å². The van der Waals surface area contributed by atoms with Gasteiger partial charge in [0.2, 0.25) is 0 Å². The zero-order valence-corrected chi connectivity index (χ0v) is 14.7. The molecule has 0 aliphatic heterocycles. The molecular weight excluding hydrogens is 344 g/mol. The number of aryl methyl sites for hydroxylation is 1. The molecule has 24 heavy (non-hydrogen) atoms. The van der Waals surface area contributed by atoms with E-state index in [0.717, 1.165) is 6.42 Å². The van der Waals surface area contributed by atoms with Crippen molar-refractivity contribution >= 4 is 40.0 Å². The van der Waals surface area contributed by atoms with Gasteiger partial charge in [-0.3, -0.25) is 14.2 Å². The first-order chi connectivity index (χ1) is 11.7. The van der Waals surface area contributed by atoms with Crippen LogP contribution in [0, 0.1) is 0 Å². The Morgan fingerprint density at radius 2 is 2.12 bits per heavy atom. The summed E-state index contributed by atoms with van der Waals surface area (Å²) in [6.45, 7) is 0.528. The van der Waals surface area contributed by atoms with Crippen LogP contribution in [0.1, 0.15) is 4.88 Å². The second-order valence-corrected chi connectivity index (χ2v) is 7.04. The molecule has 0 atom stereocenters. The minimum absolute atomic E-state index is 0.0791. The summed E-state index contributed by atoms with van der Waals surface area (Å²) in [7, 11) is 1.35. The number of rotatable bonds is 6. The SMILES string of the molecule is COC(=O)CSc1nc2ccccc2c(=O)n1CCc1cccs1. The van der Waals surface area contributed by atoms with Gasteiger partial charge in [-0.2, -0.15) is 0 Å². The van der Waals surface area contributed by atoms with Crippen LogP contribution in [0.3, 0.4) is 0 Å². The lowest BCUT2D eigenvalue weighted by Gasteiger charge is -2.12. The number of esters is 1. The van der Waals surface area contributed by atoms with Gasteiger partial charge in [0.15, 0.2) is 5.16 Å². The van der Waals surface area contributed by atoms with Gasteiger partial charge in [-0.05, 0) is 30.0 Å². The second kappa shape index (κ2) is 7.63. The number of fused-ring (bicyclic) bond motifs is 1. The molecule has 0 amide bonds. The molecule has 3 rings (SSSR count). The number of para-hydroxylation sites is 1. The van der Waals surface area contributed by atoms with E-state index >= 15 is 0 Å². The van der Waals surface area contributed by atoms with Crippen LogP contribution >= 0.6 is 23.1 Å². The summed E-state index contributed by atoms with van der Waals surface area (Å²) in [4.78, 5) is 30.0. The molecule has 5 nitrogen and oxygen atoms in total.